The van der Waals surface area contributed by atoms with Crippen LogP contribution in [0.5, 0.6) is 0 Å². The lowest BCUT2D eigenvalue weighted by molar-refractivity contribution is -0.123. The zero-order chi connectivity index (χ0) is 27.3. The molecule has 0 aliphatic rings. The molecule has 10 nitrogen and oxygen atoms in total. The molecule has 0 saturated carbocycles. The van der Waals surface area contributed by atoms with Crippen LogP contribution in [-0.2, 0) is 16.0 Å². The van der Waals surface area contributed by atoms with Crippen molar-refractivity contribution in [3.63, 3.8) is 0 Å². The Morgan fingerprint density at radius 2 is 1.76 bits per heavy atom. The van der Waals surface area contributed by atoms with Gasteiger partial charge in [-0.3, -0.25) is 19.4 Å². The number of anilines is 4. The summed E-state index contributed by atoms with van der Waals surface area (Å²) in [6.07, 6.45) is 7.91. The van der Waals surface area contributed by atoms with Crippen LogP contribution >= 0.6 is 0 Å². The summed E-state index contributed by atoms with van der Waals surface area (Å²) in [5.41, 5.74) is 2.43. The third kappa shape index (κ3) is 8.51. The third-order valence-electron chi connectivity index (χ3n) is 5.59. The monoisotopic (exact) mass is 515 g/mol. The highest BCUT2D eigenvalue weighted by Gasteiger charge is 2.17. The molecule has 1 atom stereocenters. The maximum atomic E-state index is 13.1. The first kappa shape index (κ1) is 28.0. The molecule has 0 aliphatic carbocycles. The van der Waals surface area contributed by atoms with Gasteiger partial charge in [-0.15, -0.1) is 0 Å². The molecule has 38 heavy (non-hydrogen) atoms. The summed E-state index contributed by atoms with van der Waals surface area (Å²) in [5.74, 6) is -0.548. The SMILES string of the molecule is C=CC(=O)C[C@@H](C)C(=O)Nc1cccc(NC(=O)c2cnc(NCCc3ccncc3)nc2NCCC)c1. The van der Waals surface area contributed by atoms with Crippen molar-refractivity contribution in [2.24, 2.45) is 5.92 Å². The average Bonchev–Trinajstić information content (AvgIpc) is 2.92. The molecule has 2 aromatic heterocycles. The fourth-order valence-electron chi connectivity index (χ4n) is 3.50. The lowest BCUT2D eigenvalue weighted by Crippen LogP contribution is -2.22. The van der Waals surface area contributed by atoms with Crippen molar-refractivity contribution in [3.05, 3.63) is 78.8 Å². The Balaban J connectivity index is 1.66. The second kappa shape index (κ2) is 14.2. The van der Waals surface area contributed by atoms with E-state index in [-0.39, 0.29) is 24.0 Å². The molecule has 0 bridgehead atoms. The number of rotatable bonds is 14. The van der Waals surface area contributed by atoms with E-state index in [1.54, 1.807) is 43.6 Å². The number of hydrogen-bond donors (Lipinski definition) is 4. The number of carbonyl (C=O) groups is 3. The molecule has 0 fully saturated rings. The van der Waals surface area contributed by atoms with Gasteiger partial charge in [-0.2, -0.15) is 4.98 Å². The summed E-state index contributed by atoms with van der Waals surface area (Å²) in [6.45, 7) is 8.40. The van der Waals surface area contributed by atoms with Crippen LogP contribution in [0.2, 0.25) is 0 Å². The molecule has 4 N–H and O–H groups in total. The number of carbonyl (C=O) groups excluding carboxylic acids is 3. The maximum Gasteiger partial charge on any atom is 0.260 e. The molecule has 1 aromatic carbocycles. The van der Waals surface area contributed by atoms with E-state index in [0.29, 0.717) is 41.8 Å². The topological polar surface area (TPSA) is 138 Å². The fourth-order valence-corrected chi connectivity index (χ4v) is 3.50. The zero-order valence-electron chi connectivity index (χ0n) is 21.7. The van der Waals surface area contributed by atoms with Crippen molar-refractivity contribution in [1.82, 2.24) is 15.0 Å². The smallest absolute Gasteiger partial charge is 0.260 e. The second-order valence-electron chi connectivity index (χ2n) is 8.71. The highest BCUT2D eigenvalue weighted by molar-refractivity contribution is 6.07. The van der Waals surface area contributed by atoms with Crippen LogP contribution in [-0.4, -0.2) is 45.6 Å². The van der Waals surface area contributed by atoms with E-state index < -0.39 is 5.92 Å². The van der Waals surface area contributed by atoms with Gasteiger partial charge < -0.3 is 21.3 Å². The van der Waals surface area contributed by atoms with Gasteiger partial charge in [0.2, 0.25) is 11.9 Å². The first-order valence-electron chi connectivity index (χ1n) is 12.5. The van der Waals surface area contributed by atoms with Crippen LogP contribution in [0, 0.1) is 5.92 Å². The summed E-state index contributed by atoms with van der Waals surface area (Å²) in [6, 6.07) is 10.7. The number of ketones is 1. The first-order chi connectivity index (χ1) is 18.4. The van der Waals surface area contributed by atoms with E-state index >= 15 is 0 Å². The highest BCUT2D eigenvalue weighted by Crippen LogP contribution is 2.20. The van der Waals surface area contributed by atoms with Gasteiger partial charge in [0.1, 0.15) is 11.4 Å². The van der Waals surface area contributed by atoms with Crippen LogP contribution in [0.3, 0.4) is 0 Å². The average molecular weight is 516 g/mol. The molecule has 0 saturated heterocycles. The molecule has 3 rings (SSSR count). The summed E-state index contributed by atoms with van der Waals surface area (Å²) >= 11 is 0. The van der Waals surface area contributed by atoms with Crippen LogP contribution in [0.25, 0.3) is 0 Å². The van der Waals surface area contributed by atoms with Crippen LogP contribution in [0.1, 0.15) is 42.6 Å². The number of benzene rings is 1. The van der Waals surface area contributed by atoms with Gasteiger partial charge in [-0.1, -0.05) is 26.5 Å². The summed E-state index contributed by atoms with van der Waals surface area (Å²) in [4.78, 5) is 49.9. The lowest BCUT2D eigenvalue weighted by Gasteiger charge is -2.14. The Kier molecular flexibility index (Phi) is 10.5. The van der Waals surface area contributed by atoms with E-state index in [4.69, 9.17) is 0 Å². The lowest BCUT2D eigenvalue weighted by atomic mass is 10.0. The summed E-state index contributed by atoms with van der Waals surface area (Å²) in [7, 11) is 0. The maximum absolute atomic E-state index is 13.1. The van der Waals surface area contributed by atoms with Gasteiger partial charge in [0.05, 0.1) is 0 Å². The van der Waals surface area contributed by atoms with Crippen molar-refractivity contribution in [2.45, 2.75) is 33.1 Å². The van der Waals surface area contributed by atoms with Gasteiger partial charge in [-0.25, -0.2) is 4.98 Å². The Morgan fingerprint density at radius 1 is 1.03 bits per heavy atom. The number of pyridine rings is 1. The number of amides is 2. The summed E-state index contributed by atoms with van der Waals surface area (Å²) < 4.78 is 0. The van der Waals surface area contributed by atoms with Gasteiger partial charge in [0.15, 0.2) is 5.78 Å². The predicted octanol–water partition coefficient (Wildman–Crippen LogP) is 4.32. The van der Waals surface area contributed by atoms with Crippen LogP contribution in [0.4, 0.5) is 23.1 Å². The van der Waals surface area contributed by atoms with Gasteiger partial charge in [0, 0.05) is 55.4 Å². The van der Waals surface area contributed by atoms with Gasteiger partial charge >= 0.3 is 0 Å². The minimum Gasteiger partial charge on any atom is -0.369 e. The zero-order valence-corrected chi connectivity index (χ0v) is 21.7. The van der Waals surface area contributed by atoms with E-state index in [1.165, 1.54) is 12.3 Å². The fraction of sp³-hybridized carbons (Fsp3) is 0.286. The van der Waals surface area contributed by atoms with Crippen molar-refractivity contribution in [2.75, 3.05) is 34.4 Å². The van der Waals surface area contributed by atoms with Crippen LogP contribution < -0.4 is 21.3 Å². The van der Waals surface area contributed by atoms with Crippen molar-refractivity contribution in [3.8, 4) is 0 Å². The Hall–Kier alpha value is -4.60. The van der Waals surface area contributed by atoms with Crippen molar-refractivity contribution in [1.29, 1.82) is 0 Å². The molecule has 2 heterocycles. The van der Waals surface area contributed by atoms with E-state index in [2.05, 4.69) is 42.8 Å². The van der Waals surface area contributed by atoms with E-state index in [0.717, 1.165) is 18.4 Å². The quantitative estimate of drug-likeness (QED) is 0.233. The number of nitrogens with zero attached hydrogens (tertiary/aromatic N) is 3. The minimum atomic E-state index is -0.514. The van der Waals surface area contributed by atoms with Crippen molar-refractivity contribution < 1.29 is 14.4 Å². The number of hydrogen-bond acceptors (Lipinski definition) is 8. The normalized spacial score (nSPS) is 11.2. The predicted molar refractivity (Wildman–Crippen MR) is 149 cm³/mol. The second-order valence-corrected chi connectivity index (χ2v) is 8.71. The molecular weight excluding hydrogens is 482 g/mol. The molecule has 2 amide bonds. The molecule has 10 heteroatoms. The number of allylic oxidation sites excluding steroid dienone is 1. The van der Waals surface area contributed by atoms with E-state index in [1.807, 2.05) is 19.1 Å². The van der Waals surface area contributed by atoms with Crippen LogP contribution in [0.15, 0.2) is 67.6 Å². The van der Waals surface area contributed by atoms with E-state index in [9.17, 15) is 14.4 Å². The Morgan fingerprint density at radius 3 is 2.47 bits per heavy atom. The molecular formula is C28H33N7O3. The standard InChI is InChI=1S/C28H33N7O3/c1-4-12-30-25-24(18-32-28(35-25)31-15-11-20-9-13-29-14-10-20)27(38)34-22-8-6-7-21(17-22)33-26(37)19(3)16-23(36)5-2/h5-10,13-14,17-19H,2,4,11-12,15-16H2,1,3H3,(H,33,37)(H,34,38)(H2,30,31,32,35)/t19-/m1/s1. The van der Waals surface area contributed by atoms with Gasteiger partial charge in [0.25, 0.3) is 5.91 Å². The third-order valence-corrected chi connectivity index (χ3v) is 5.59. The minimum absolute atomic E-state index is 0.0773. The molecule has 198 valence electrons. The number of nitrogens with one attached hydrogen (secondary N) is 4. The molecule has 0 spiro atoms. The Bertz CT molecular complexity index is 1260. The largest absolute Gasteiger partial charge is 0.369 e. The molecule has 3 aromatic rings. The molecule has 0 unspecified atom stereocenters. The highest BCUT2D eigenvalue weighted by atomic mass is 16.2. The molecule has 0 aliphatic heterocycles. The summed E-state index contributed by atoms with van der Waals surface area (Å²) in [5, 5.41) is 12.0. The van der Waals surface area contributed by atoms with Crippen molar-refractivity contribution >= 4 is 40.7 Å². The van der Waals surface area contributed by atoms with Gasteiger partial charge in [-0.05, 0) is 54.8 Å². The number of aromatic nitrogens is 3. The molecule has 0 radical (unpaired) electrons. The first-order valence-corrected chi connectivity index (χ1v) is 12.5. The Labute approximate surface area is 222 Å².